The van der Waals surface area contributed by atoms with Crippen LogP contribution in [-0.2, 0) is 14.3 Å². The van der Waals surface area contributed by atoms with E-state index in [-0.39, 0.29) is 12.4 Å². The molecule has 0 saturated carbocycles. The first-order valence-corrected chi connectivity index (χ1v) is 9.42. The molecule has 2 amide bonds. The Balaban J connectivity index is 1.76. The van der Waals surface area contributed by atoms with Crippen LogP contribution < -0.4 is 19.7 Å². The molecule has 31 heavy (non-hydrogen) atoms. The van der Waals surface area contributed by atoms with Crippen LogP contribution in [0, 0.1) is 0 Å². The molecule has 0 spiro atoms. The van der Waals surface area contributed by atoms with Crippen LogP contribution in [0.1, 0.15) is 28.9 Å². The minimum absolute atomic E-state index is 0.108. The Labute approximate surface area is 178 Å². The number of anilines is 1. The molecule has 9 heteroatoms. The quantitative estimate of drug-likeness (QED) is 0.753. The van der Waals surface area contributed by atoms with Gasteiger partial charge >= 0.3 is 18.0 Å². The number of rotatable bonds is 4. The van der Waals surface area contributed by atoms with Crippen molar-refractivity contribution in [2.24, 2.45) is 0 Å². The summed E-state index contributed by atoms with van der Waals surface area (Å²) in [5.41, 5.74) is 2.17. The van der Waals surface area contributed by atoms with E-state index in [1.54, 1.807) is 49.4 Å². The zero-order valence-corrected chi connectivity index (χ0v) is 17.1. The number of urea groups is 1. The van der Waals surface area contributed by atoms with E-state index in [9.17, 15) is 14.4 Å². The number of amides is 2. The number of nitrogens with one attached hydrogen (secondary N) is 1. The monoisotopic (exact) mass is 424 g/mol. The maximum atomic E-state index is 13.0. The number of esters is 2. The predicted molar refractivity (Wildman–Crippen MR) is 109 cm³/mol. The zero-order valence-electron chi connectivity index (χ0n) is 17.1. The van der Waals surface area contributed by atoms with Crippen molar-refractivity contribution in [3.05, 3.63) is 64.9 Å². The van der Waals surface area contributed by atoms with Crippen LogP contribution in [0.2, 0.25) is 0 Å². The summed E-state index contributed by atoms with van der Waals surface area (Å²) in [6.45, 7) is 1.78. The van der Waals surface area contributed by atoms with Crippen LogP contribution >= 0.6 is 0 Å². The van der Waals surface area contributed by atoms with Gasteiger partial charge in [0.15, 0.2) is 11.5 Å². The lowest BCUT2D eigenvalue weighted by molar-refractivity contribution is -0.136. The summed E-state index contributed by atoms with van der Waals surface area (Å²) in [5, 5.41) is 2.85. The summed E-state index contributed by atoms with van der Waals surface area (Å²) < 4.78 is 20.4. The third-order valence-corrected chi connectivity index (χ3v) is 5.17. The highest BCUT2D eigenvalue weighted by molar-refractivity contribution is 6.03. The molecule has 9 nitrogen and oxygen atoms in total. The molecule has 0 aromatic heterocycles. The van der Waals surface area contributed by atoms with Crippen molar-refractivity contribution >= 4 is 23.7 Å². The van der Waals surface area contributed by atoms with E-state index in [1.165, 1.54) is 19.1 Å². The fraction of sp³-hybridized carbons (Fsp3) is 0.227. The van der Waals surface area contributed by atoms with E-state index in [0.29, 0.717) is 34.0 Å². The van der Waals surface area contributed by atoms with E-state index in [0.717, 1.165) is 0 Å². The molecule has 0 fully saturated rings. The molecule has 0 aliphatic carbocycles. The lowest BCUT2D eigenvalue weighted by atomic mass is 9.94. The van der Waals surface area contributed by atoms with Gasteiger partial charge in [0, 0.05) is 11.8 Å². The first-order chi connectivity index (χ1) is 14.9. The van der Waals surface area contributed by atoms with Gasteiger partial charge in [0.05, 0.1) is 37.1 Å². The first-order valence-electron chi connectivity index (χ1n) is 9.42. The lowest BCUT2D eigenvalue weighted by Crippen LogP contribution is -2.48. The van der Waals surface area contributed by atoms with Crippen molar-refractivity contribution in [1.82, 2.24) is 5.32 Å². The molecule has 2 aromatic rings. The fourth-order valence-electron chi connectivity index (χ4n) is 3.63. The first kappa shape index (κ1) is 20.3. The topological polar surface area (TPSA) is 103 Å². The molecular formula is C22H20N2O7. The molecule has 0 unspecified atom stereocenters. The number of fused-ring (bicyclic) bond motifs is 1. The smallest absolute Gasteiger partial charge is 0.337 e. The molecule has 1 N–H and O–H groups in total. The van der Waals surface area contributed by atoms with Crippen molar-refractivity contribution in [2.45, 2.75) is 13.0 Å². The SMILES string of the molecule is COC(=O)C1=C(C)N(c2ccc3c(c2)OCO3)C(=O)N[C@@H]1c1ccc(C(=O)OC)cc1. The largest absolute Gasteiger partial charge is 0.466 e. The maximum absolute atomic E-state index is 13.0. The second kappa shape index (κ2) is 8.02. The van der Waals surface area contributed by atoms with Crippen LogP contribution in [0.3, 0.4) is 0 Å². The highest BCUT2D eigenvalue weighted by atomic mass is 16.7. The van der Waals surface area contributed by atoms with Crippen molar-refractivity contribution in [2.75, 3.05) is 25.9 Å². The van der Waals surface area contributed by atoms with Crippen LogP contribution in [0.5, 0.6) is 11.5 Å². The number of allylic oxidation sites excluding steroid dienone is 1. The Morgan fingerprint density at radius 3 is 2.35 bits per heavy atom. The van der Waals surface area contributed by atoms with E-state index < -0.39 is 24.0 Å². The van der Waals surface area contributed by atoms with Crippen molar-refractivity contribution in [3.8, 4) is 11.5 Å². The van der Waals surface area contributed by atoms with Crippen molar-refractivity contribution in [1.29, 1.82) is 0 Å². The van der Waals surface area contributed by atoms with Crippen LogP contribution in [-0.4, -0.2) is 39.0 Å². The normalized spacial score (nSPS) is 17.3. The van der Waals surface area contributed by atoms with Gasteiger partial charge in [0.2, 0.25) is 6.79 Å². The van der Waals surface area contributed by atoms with Gasteiger partial charge in [0.25, 0.3) is 0 Å². The minimum Gasteiger partial charge on any atom is -0.466 e. The van der Waals surface area contributed by atoms with E-state index in [2.05, 4.69) is 5.32 Å². The molecule has 0 saturated heterocycles. The molecule has 2 aliphatic rings. The third kappa shape index (κ3) is 3.54. The standard InChI is InChI=1S/C22H20N2O7/c1-12-18(21(26)29-3)19(13-4-6-14(7-5-13)20(25)28-2)23-22(27)24(12)15-8-9-16-17(10-15)31-11-30-16/h4-10,19H,11H2,1-3H3,(H,23,27)/t19-/m1/s1. The summed E-state index contributed by atoms with van der Waals surface area (Å²) in [7, 11) is 2.57. The van der Waals surface area contributed by atoms with Crippen molar-refractivity contribution < 1.29 is 33.3 Å². The van der Waals surface area contributed by atoms with Gasteiger partial charge in [-0.05, 0) is 36.8 Å². The summed E-state index contributed by atoms with van der Waals surface area (Å²) >= 11 is 0. The molecular weight excluding hydrogens is 404 g/mol. The van der Waals surface area contributed by atoms with Gasteiger partial charge in [-0.15, -0.1) is 0 Å². The maximum Gasteiger partial charge on any atom is 0.337 e. The predicted octanol–water partition coefficient (Wildman–Crippen LogP) is 2.92. The van der Waals surface area contributed by atoms with Gasteiger partial charge in [-0.2, -0.15) is 0 Å². The molecule has 2 aliphatic heterocycles. The minimum atomic E-state index is -0.753. The molecule has 4 rings (SSSR count). The van der Waals surface area contributed by atoms with Crippen molar-refractivity contribution in [3.63, 3.8) is 0 Å². The number of hydrogen-bond donors (Lipinski definition) is 1. The average molecular weight is 424 g/mol. The molecule has 0 bridgehead atoms. The number of benzene rings is 2. The van der Waals surface area contributed by atoms with E-state index in [1.807, 2.05) is 0 Å². The molecule has 1 atom stereocenters. The molecule has 160 valence electrons. The van der Waals surface area contributed by atoms with Crippen LogP contribution in [0.15, 0.2) is 53.7 Å². The van der Waals surface area contributed by atoms with E-state index in [4.69, 9.17) is 18.9 Å². The third-order valence-electron chi connectivity index (χ3n) is 5.17. The Bertz CT molecular complexity index is 1090. The van der Waals surface area contributed by atoms with Gasteiger partial charge in [-0.25, -0.2) is 14.4 Å². The number of nitrogens with zero attached hydrogens (tertiary/aromatic N) is 1. The van der Waals surface area contributed by atoms with E-state index >= 15 is 0 Å². The molecule has 2 aromatic carbocycles. The van der Waals surface area contributed by atoms with Crippen LogP contribution in [0.25, 0.3) is 0 Å². The summed E-state index contributed by atoms with van der Waals surface area (Å²) in [6, 6.07) is 10.4. The average Bonchev–Trinajstić information content (AvgIpc) is 3.26. The fourth-order valence-corrected chi connectivity index (χ4v) is 3.63. The lowest BCUT2D eigenvalue weighted by Gasteiger charge is -2.35. The zero-order chi connectivity index (χ0) is 22.1. The number of methoxy groups -OCH3 is 2. The molecule has 2 heterocycles. The van der Waals surface area contributed by atoms with Crippen LogP contribution in [0.4, 0.5) is 10.5 Å². The highest BCUT2D eigenvalue weighted by Gasteiger charge is 2.37. The Morgan fingerprint density at radius 2 is 1.68 bits per heavy atom. The second-order valence-corrected chi connectivity index (χ2v) is 6.86. The number of carbonyl (C=O) groups is 3. The number of hydrogen-bond acceptors (Lipinski definition) is 7. The summed E-state index contributed by atoms with van der Waals surface area (Å²) in [4.78, 5) is 38.8. The number of carbonyl (C=O) groups excluding carboxylic acids is 3. The summed E-state index contributed by atoms with van der Waals surface area (Å²) in [5.74, 6) is 0.0382. The Morgan fingerprint density at radius 1 is 1.00 bits per heavy atom. The van der Waals surface area contributed by atoms with Gasteiger partial charge < -0.3 is 24.3 Å². The number of ether oxygens (including phenoxy) is 4. The van der Waals surface area contributed by atoms with Gasteiger partial charge in [-0.1, -0.05) is 12.1 Å². The Kier molecular flexibility index (Phi) is 5.24. The summed E-state index contributed by atoms with van der Waals surface area (Å²) in [6.07, 6.45) is 0. The van der Waals surface area contributed by atoms with Gasteiger partial charge in [0.1, 0.15) is 0 Å². The highest BCUT2D eigenvalue weighted by Crippen LogP contribution is 2.39. The second-order valence-electron chi connectivity index (χ2n) is 6.86. The Hall–Kier alpha value is -4.01. The van der Waals surface area contributed by atoms with Gasteiger partial charge in [-0.3, -0.25) is 4.90 Å². The molecule has 0 radical (unpaired) electrons.